The Morgan fingerprint density at radius 1 is 0.837 bits per heavy atom. The highest BCUT2D eigenvalue weighted by Crippen LogP contribution is 2.29. The summed E-state index contributed by atoms with van der Waals surface area (Å²) in [5.74, 6) is 0.355. The molecule has 1 aliphatic heterocycles. The highest BCUT2D eigenvalue weighted by atomic mass is 19.1. The lowest BCUT2D eigenvalue weighted by molar-refractivity contribution is 0.0779. The number of fused-ring (bicyclic) bond motifs is 2. The van der Waals surface area contributed by atoms with Crippen molar-refractivity contribution in [2.75, 3.05) is 33.2 Å². The van der Waals surface area contributed by atoms with Crippen molar-refractivity contribution in [1.29, 1.82) is 0 Å². The number of amides is 1. The number of carbonyl (C=O) groups excluding carboxylic acids is 2. The summed E-state index contributed by atoms with van der Waals surface area (Å²) in [7, 11) is 1.89. The van der Waals surface area contributed by atoms with E-state index < -0.39 is 0 Å². The van der Waals surface area contributed by atoms with E-state index in [2.05, 4.69) is 47.4 Å². The summed E-state index contributed by atoms with van der Waals surface area (Å²) in [6.45, 7) is 3.62. The molecule has 1 fully saturated rings. The molecule has 0 N–H and O–H groups in total. The van der Waals surface area contributed by atoms with Crippen molar-refractivity contribution in [3.63, 3.8) is 0 Å². The van der Waals surface area contributed by atoms with Crippen LogP contribution >= 0.6 is 0 Å². The molecule has 0 bridgehead atoms. The Kier molecular flexibility index (Phi) is 9.62. The molecule has 1 aliphatic rings. The van der Waals surface area contributed by atoms with Gasteiger partial charge in [-0.05, 0) is 97.2 Å². The molecule has 7 heteroatoms. The Hall–Kier alpha value is -5.14. The fourth-order valence-corrected chi connectivity index (χ4v) is 7.18. The van der Waals surface area contributed by atoms with Crippen LogP contribution < -0.4 is 0 Å². The Balaban J connectivity index is 1.03. The summed E-state index contributed by atoms with van der Waals surface area (Å²) in [5, 5.41) is 2.41. The van der Waals surface area contributed by atoms with Crippen LogP contribution in [-0.2, 0) is 6.54 Å². The van der Waals surface area contributed by atoms with Crippen LogP contribution in [0.4, 0.5) is 4.39 Å². The fraction of sp³-hybridized carbons (Fsp3) is 0.262. The number of benzene rings is 5. The molecule has 2 heterocycles. The summed E-state index contributed by atoms with van der Waals surface area (Å²) in [4.78, 5) is 36.4. The van der Waals surface area contributed by atoms with Gasteiger partial charge in [-0.25, -0.2) is 9.37 Å². The van der Waals surface area contributed by atoms with Gasteiger partial charge in [0.2, 0.25) is 5.78 Å². The Labute approximate surface area is 286 Å². The molecule has 1 saturated heterocycles. The molecule has 0 radical (unpaired) electrons. The molecule has 49 heavy (non-hydrogen) atoms. The number of halogens is 1. The molecule has 0 aliphatic carbocycles. The van der Waals surface area contributed by atoms with E-state index in [0.29, 0.717) is 24.5 Å². The second-order valence-electron chi connectivity index (χ2n) is 13.3. The average molecular weight is 653 g/mol. The van der Waals surface area contributed by atoms with Crippen molar-refractivity contribution in [2.24, 2.45) is 5.92 Å². The van der Waals surface area contributed by atoms with Crippen LogP contribution in [0, 0.1) is 11.7 Å². The monoisotopic (exact) mass is 652 g/mol. The first-order chi connectivity index (χ1) is 23.9. The number of aromatic nitrogens is 2. The third-order valence-electron chi connectivity index (χ3n) is 9.99. The molecule has 1 aromatic heterocycles. The van der Waals surface area contributed by atoms with Crippen LogP contribution in [0.1, 0.15) is 57.3 Å². The van der Waals surface area contributed by atoms with E-state index in [4.69, 9.17) is 4.98 Å². The van der Waals surface area contributed by atoms with Crippen molar-refractivity contribution in [3.8, 4) is 0 Å². The first-order valence-corrected chi connectivity index (χ1v) is 17.2. The standard InChI is InChI=1S/C42H41FN4O2/c1-45(42(49)33-10-3-2-4-11-33)29-36(35-18-17-31-9-5-6-12-34(31)27-35)23-26-46-24-21-32(22-25-46)40(48)41-44-38-13-7-8-14-39(38)47(41)28-30-15-19-37(43)20-16-30/h2-20,27,32,36H,21-26,28-29H2,1H3/t36-/m0/s1. The van der Waals surface area contributed by atoms with Crippen molar-refractivity contribution >= 4 is 33.5 Å². The van der Waals surface area contributed by atoms with Crippen molar-refractivity contribution < 1.29 is 14.0 Å². The highest BCUT2D eigenvalue weighted by molar-refractivity contribution is 5.98. The SMILES string of the molecule is CN(C[C@H](CCN1CCC(C(=O)c2nc3ccccc3n2Cc2ccc(F)cc2)CC1)c1ccc2ccccc2c1)C(=O)c1ccccc1. The van der Waals surface area contributed by atoms with Crippen molar-refractivity contribution in [2.45, 2.75) is 31.7 Å². The maximum absolute atomic E-state index is 14.0. The zero-order valence-corrected chi connectivity index (χ0v) is 27.8. The molecule has 0 saturated carbocycles. The summed E-state index contributed by atoms with van der Waals surface area (Å²) < 4.78 is 15.6. The van der Waals surface area contributed by atoms with E-state index >= 15 is 0 Å². The molecule has 248 valence electrons. The number of para-hydroxylation sites is 2. The number of hydrogen-bond donors (Lipinski definition) is 0. The van der Waals surface area contributed by atoms with Gasteiger partial charge >= 0.3 is 0 Å². The lowest BCUT2D eigenvalue weighted by Gasteiger charge is -2.33. The number of hydrogen-bond acceptors (Lipinski definition) is 4. The third-order valence-corrected chi connectivity index (χ3v) is 9.99. The normalized spacial score (nSPS) is 14.7. The zero-order valence-electron chi connectivity index (χ0n) is 27.8. The van der Waals surface area contributed by atoms with E-state index in [0.717, 1.165) is 55.5 Å². The molecular formula is C42H41FN4O2. The third kappa shape index (κ3) is 7.32. The van der Waals surface area contributed by atoms with E-state index in [9.17, 15) is 14.0 Å². The van der Waals surface area contributed by atoms with E-state index in [1.165, 1.54) is 28.5 Å². The predicted octanol–water partition coefficient (Wildman–Crippen LogP) is 8.22. The lowest BCUT2D eigenvalue weighted by atomic mass is 9.90. The van der Waals surface area contributed by atoms with Crippen LogP contribution in [0.2, 0.25) is 0 Å². The van der Waals surface area contributed by atoms with E-state index in [1.807, 2.05) is 71.1 Å². The minimum Gasteiger partial charge on any atom is -0.341 e. The van der Waals surface area contributed by atoms with Gasteiger partial charge in [0.05, 0.1) is 11.0 Å². The summed E-state index contributed by atoms with van der Waals surface area (Å²) >= 11 is 0. The second kappa shape index (κ2) is 14.5. The maximum atomic E-state index is 14.0. The number of rotatable bonds is 11. The van der Waals surface area contributed by atoms with Gasteiger partial charge in [-0.2, -0.15) is 0 Å². The molecule has 6 nitrogen and oxygen atoms in total. The number of likely N-dealkylation sites (N-methyl/N-ethyl adjacent to an activating group) is 1. The summed E-state index contributed by atoms with van der Waals surface area (Å²) in [6.07, 6.45) is 2.44. The second-order valence-corrected chi connectivity index (χ2v) is 13.3. The first-order valence-electron chi connectivity index (χ1n) is 17.2. The Bertz CT molecular complexity index is 2070. The van der Waals surface area contributed by atoms with Gasteiger partial charge < -0.3 is 14.4 Å². The van der Waals surface area contributed by atoms with E-state index in [-0.39, 0.29) is 29.3 Å². The number of nitrogens with zero attached hydrogens (tertiary/aromatic N) is 4. The minimum atomic E-state index is -0.279. The number of ketones is 1. The van der Waals surface area contributed by atoms with Crippen molar-refractivity contribution in [1.82, 2.24) is 19.4 Å². The molecule has 6 aromatic rings. The maximum Gasteiger partial charge on any atom is 0.253 e. The number of piperidine rings is 1. The van der Waals surface area contributed by atoms with Gasteiger partial charge in [-0.3, -0.25) is 9.59 Å². The number of carbonyl (C=O) groups is 2. The zero-order chi connectivity index (χ0) is 33.7. The van der Waals surface area contributed by atoms with Gasteiger partial charge in [-0.1, -0.05) is 84.9 Å². The molecule has 5 aromatic carbocycles. The average Bonchev–Trinajstić information content (AvgIpc) is 3.52. The van der Waals surface area contributed by atoms with Crippen LogP contribution in [0.3, 0.4) is 0 Å². The Morgan fingerprint density at radius 2 is 1.53 bits per heavy atom. The summed E-state index contributed by atoms with van der Waals surface area (Å²) in [5.41, 5.74) is 4.55. The van der Waals surface area contributed by atoms with E-state index in [1.54, 1.807) is 12.1 Å². The van der Waals surface area contributed by atoms with Crippen LogP contribution in [-0.4, -0.2) is 64.3 Å². The molecule has 1 amide bonds. The molecule has 0 spiro atoms. The van der Waals surface area contributed by atoms with Crippen LogP contribution in [0.15, 0.2) is 121 Å². The molecule has 7 rings (SSSR count). The van der Waals surface area contributed by atoms with Crippen molar-refractivity contribution in [3.05, 3.63) is 150 Å². The topological polar surface area (TPSA) is 58.4 Å². The fourth-order valence-electron chi connectivity index (χ4n) is 7.18. The van der Waals surface area contributed by atoms with Crippen LogP contribution in [0.25, 0.3) is 21.8 Å². The van der Waals surface area contributed by atoms with Gasteiger partial charge in [0.25, 0.3) is 5.91 Å². The predicted molar refractivity (Wildman–Crippen MR) is 193 cm³/mol. The van der Waals surface area contributed by atoms with Gasteiger partial charge in [0.15, 0.2) is 5.82 Å². The number of likely N-dealkylation sites (tertiary alicyclic amines) is 1. The smallest absolute Gasteiger partial charge is 0.253 e. The molecular weight excluding hydrogens is 611 g/mol. The van der Waals surface area contributed by atoms with Crippen LogP contribution in [0.5, 0.6) is 0 Å². The van der Waals surface area contributed by atoms with Gasteiger partial charge in [0, 0.05) is 37.5 Å². The van der Waals surface area contributed by atoms with Gasteiger partial charge in [0.1, 0.15) is 5.82 Å². The number of Topliss-reactive ketones (excluding diaryl/α,β-unsaturated/α-hetero) is 1. The minimum absolute atomic E-state index is 0.0242. The first kappa shape index (κ1) is 32.4. The summed E-state index contributed by atoms with van der Waals surface area (Å²) in [6, 6.07) is 38.8. The number of imidazole rings is 1. The molecule has 0 unspecified atom stereocenters. The lowest BCUT2D eigenvalue weighted by Crippen LogP contribution is -2.38. The largest absolute Gasteiger partial charge is 0.341 e. The highest BCUT2D eigenvalue weighted by Gasteiger charge is 2.30. The Morgan fingerprint density at radius 3 is 2.31 bits per heavy atom. The quantitative estimate of drug-likeness (QED) is 0.132. The van der Waals surface area contributed by atoms with Gasteiger partial charge in [-0.15, -0.1) is 0 Å². The molecule has 1 atom stereocenters.